The molecule has 0 heteroatoms. The Labute approximate surface area is 296 Å². The van der Waals surface area contributed by atoms with Crippen LogP contribution in [0.3, 0.4) is 0 Å². The average molecular weight is 643 g/mol. The van der Waals surface area contributed by atoms with E-state index in [2.05, 4.69) is 185 Å². The van der Waals surface area contributed by atoms with E-state index in [4.69, 9.17) is 0 Å². The van der Waals surface area contributed by atoms with Crippen LogP contribution < -0.4 is 0 Å². The van der Waals surface area contributed by atoms with E-state index in [1.807, 2.05) is 0 Å². The van der Waals surface area contributed by atoms with Crippen LogP contribution in [-0.4, -0.2) is 0 Å². The number of aryl methyl sites for hydroxylation is 2. The van der Waals surface area contributed by atoms with Crippen molar-refractivity contribution in [2.24, 2.45) is 0 Å². The maximum atomic E-state index is 2.54. The largest absolute Gasteiger partial charge is 0.0639 e. The highest BCUT2D eigenvalue weighted by atomic mass is 14.6. The van der Waals surface area contributed by atoms with Gasteiger partial charge in [-0.05, 0) is 97.3 Å². The van der Waals surface area contributed by atoms with E-state index in [-0.39, 0.29) is 11.8 Å². The molecule has 1 unspecified atom stereocenters. The third kappa shape index (κ3) is 4.51. The van der Waals surface area contributed by atoms with Gasteiger partial charge in [0.1, 0.15) is 0 Å². The zero-order valence-corrected chi connectivity index (χ0v) is 29.2. The van der Waals surface area contributed by atoms with Crippen LogP contribution in [-0.2, 0) is 18.3 Å². The Bertz CT molecular complexity index is 2310. The first kappa shape index (κ1) is 30.6. The minimum atomic E-state index is -0.451. The standard InChI is InChI=1S/C50H42/c1-4-34-26-28-42-43-29-27-35(5-2)32-46(43)49(45(42)31-34)50(38-19-8-6-9-20-38,39-21-10-7-11-22-39)48-33(3)30-37-18-15-25-44(47(37)48)41-24-14-17-36-16-12-13-23-40(36)41/h6-32,48-49H,4-5H2,1-3H3. The minimum Gasteiger partial charge on any atom is -0.0639 e. The highest BCUT2D eigenvalue weighted by Crippen LogP contribution is 2.65. The molecule has 0 spiro atoms. The second kappa shape index (κ2) is 12.1. The quantitative estimate of drug-likeness (QED) is 0.162. The molecular formula is C50H42. The SMILES string of the molecule is CCc1ccc2c(c1)C(C(c1ccccc1)(c1ccccc1)C1C(C)=Cc3cccc(-c4cccc5ccccc45)c31)c1cc(CC)ccc1-2. The molecule has 0 amide bonds. The maximum Gasteiger partial charge on any atom is 0.0418 e. The maximum absolute atomic E-state index is 2.54. The molecule has 2 aliphatic carbocycles. The number of benzene rings is 7. The normalized spacial score (nSPS) is 15.1. The summed E-state index contributed by atoms with van der Waals surface area (Å²) in [6.07, 6.45) is 4.50. The van der Waals surface area contributed by atoms with Crippen LogP contribution >= 0.6 is 0 Å². The lowest BCUT2D eigenvalue weighted by atomic mass is 9.53. The van der Waals surface area contributed by atoms with Gasteiger partial charge < -0.3 is 0 Å². The zero-order chi connectivity index (χ0) is 33.8. The predicted molar refractivity (Wildman–Crippen MR) is 212 cm³/mol. The molecule has 0 nitrogen and oxygen atoms in total. The lowest BCUT2D eigenvalue weighted by Crippen LogP contribution is -2.41. The highest BCUT2D eigenvalue weighted by molar-refractivity contribution is 5.99. The van der Waals surface area contributed by atoms with Crippen molar-refractivity contribution in [3.05, 3.63) is 208 Å². The van der Waals surface area contributed by atoms with Crippen LogP contribution in [0.4, 0.5) is 0 Å². The summed E-state index contributed by atoms with van der Waals surface area (Å²) in [6.45, 7) is 6.96. The molecule has 0 aliphatic heterocycles. The molecule has 1 atom stereocenters. The van der Waals surface area contributed by atoms with E-state index in [9.17, 15) is 0 Å². The van der Waals surface area contributed by atoms with E-state index in [1.54, 1.807) is 0 Å². The Morgan fingerprint density at radius 1 is 0.480 bits per heavy atom. The molecule has 7 aromatic rings. The smallest absolute Gasteiger partial charge is 0.0418 e. The fourth-order valence-electron chi connectivity index (χ4n) is 9.59. The number of hydrogen-bond donors (Lipinski definition) is 0. The molecular weight excluding hydrogens is 601 g/mol. The van der Waals surface area contributed by atoms with Crippen molar-refractivity contribution in [1.82, 2.24) is 0 Å². The van der Waals surface area contributed by atoms with Crippen LogP contribution in [0.1, 0.15) is 77.1 Å². The van der Waals surface area contributed by atoms with Gasteiger partial charge in [-0.1, -0.05) is 183 Å². The van der Waals surface area contributed by atoms with E-state index < -0.39 is 5.41 Å². The van der Waals surface area contributed by atoms with Gasteiger partial charge in [-0.2, -0.15) is 0 Å². The van der Waals surface area contributed by atoms with Crippen molar-refractivity contribution in [3.8, 4) is 22.3 Å². The summed E-state index contributed by atoms with van der Waals surface area (Å²) in [5, 5.41) is 2.57. The molecule has 50 heavy (non-hydrogen) atoms. The van der Waals surface area contributed by atoms with Crippen LogP contribution in [0.5, 0.6) is 0 Å². The van der Waals surface area contributed by atoms with Gasteiger partial charge in [-0.15, -0.1) is 0 Å². The minimum absolute atomic E-state index is 0.0804. The first-order chi connectivity index (χ1) is 24.6. The van der Waals surface area contributed by atoms with Crippen LogP contribution in [0.25, 0.3) is 39.1 Å². The third-order valence-electron chi connectivity index (χ3n) is 11.7. The van der Waals surface area contributed by atoms with E-state index in [1.165, 1.54) is 83.1 Å². The summed E-state index contributed by atoms with van der Waals surface area (Å²) in [5.41, 5.74) is 17.5. The second-order valence-electron chi connectivity index (χ2n) is 14.2. The molecule has 2 aliphatic rings. The van der Waals surface area contributed by atoms with E-state index >= 15 is 0 Å². The topological polar surface area (TPSA) is 0 Å². The van der Waals surface area contributed by atoms with Crippen molar-refractivity contribution in [3.63, 3.8) is 0 Å². The third-order valence-corrected chi connectivity index (χ3v) is 11.7. The molecule has 0 heterocycles. The van der Waals surface area contributed by atoms with Gasteiger partial charge in [0.2, 0.25) is 0 Å². The Morgan fingerprint density at radius 2 is 1.02 bits per heavy atom. The molecule has 0 saturated carbocycles. The molecule has 242 valence electrons. The van der Waals surface area contributed by atoms with Crippen molar-refractivity contribution in [1.29, 1.82) is 0 Å². The van der Waals surface area contributed by atoms with Gasteiger partial charge in [0.05, 0.1) is 0 Å². The van der Waals surface area contributed by atoms with Gasteiger partial charge >= 0.3 is 0 Å². The first-order valence-electron chi connectivity index (χ1n) is 18.3. The average Bonchev–Trinajstić information content (AvgIpc) is 3.69. The number of fused-ring (bicyclic) bond motifs is 5. The Balaban J connectivity index is 1.44. The Hall–Kier alpha value is -5.46. The first-order valence-corrected chi connectivity index (χ1v) is 18.3. The molecule has 0 bridgehead atoms. The monoisotopic (exact) mass is 642 g/mol. The number of allylic oxidation sites excluding steroid dienone is 1. The summed E-state index contributed by atoms with van der Waals surface area (Å²) < 4.78 is 0. The van der Waals surface area contributed by atoms with Crippen LogP contribution in [0.15, 0.2) is 163 Å². The molecule has 0 saturated heterocycles. The summed E-state index contributed by atoms with van der Waals surface area (Å²) in [4.78, 5) is 0. The zero-order valence-electron chi connectivity index (χ0n) is 29.2. The van der Waals surface area contributed by atoms with Gasteiger partial charge in [-0.25, -0.2) is 0 Å². The Morgan fingerprint density at radius 3 is 1.64 bits per heavy atom. The lowest BCUT2D eigenvalue weighted by Gasteiger charge is -2.48. The molecule has 0 radical (unpaired) electrons. The summed E-state index contributed by atoms with van der Waals surface area (Å²) in [5.74, 6) is 0.173. The lowest BCUT2D eigenvalue weighted by molar-refractivity contribution is 0.405. The van der Waals surface area contributed by atoms with E-state index in [0.29, 0.717) is 0 Å². The van der Waals surface area contributed by atoms with Gasteiger partial charge in [0, 0.05) is 17.3 Å². The number of hydrogen-bond acceptors (Lipinski definition) is 0. The molecule has 9 rings (SSSR count). The van der Waals surface area contributed by atoms with Crippen molar-refractivity contribution in [2.45, 2.75) is 50.9 Å². The van der Waals surface area contributed by atoms with Gasteiger partial charge in [0.25, 0.3) is 0 Å². The Kier molecular flexibility index (Phi) is 7.43. The van der Waals surface area contributed by atoms with Crippen molar-refractivity contribution in [2.75, 3.05) is 0 Å². The van der Waals surface area contributed by atoms with Crippen molar-refractivity contribution < 1.29 is 0 Å². The van der Waals surface area contributed by atoms with E-state index in [0.717, 1.165) is 12.8 Å². The van der Waals surface area contributed by atoms with Gasteiger partial charge in [0.15, 0.2) is 0 Å². The highest BCUT2D eigenvalue weighted by Gasteiger charge is 2.55. The van der Waals surface area contributed by atoms with Crippen LogP contribution in [0.2, 0.25) is 0 Å². The van der Waals surface area contributed by atoms with Crippen LogP contribution in [0, 0.1) is 0 Å². The summed E-state index contributed by atoms with van der Waals surface area (Å²) >= 11 is 0. The summed E-state index contributed by atoms with van der Waals surface area (Å²) in [6, 6.07) is 60.2. The summed E-state index contributed by atoms with van der Waals surface area (Å²) in [7, 11) is 0. The molecule has 7 aromatic carbocycles. The van der Waals surface area contributed by atoms with Crippen molar-refractivity contribution >= 4 is 16.8 Å². The predicted octanol–water partition coefficient (Wildman–Crippen LogP) is 12.9. The van der Waals surface area contributed by atoms with Gasteiger partial charge in [-0.3, -0.25) is 0 Å². The molecule has 0 aromatic heterocycles. The second-order valence-corrected chi connectivity index (χ2v) is 14.2. The molecule has 0 fully saturated rings. The number of rotatable bonds is 7. The molecule has 0 N–H and O–H groups in total. The fourth-order valence-corrected chi connectivity index (χ4v) is 9.59. The fraction of sp³-hybridized carbons (Fsp3) is 0.160.